The summed E-state index contributed by atoms with van der Waals surface area (Å²) >= 11 is 0. The van der Waals surface area contributed by atoms with Gasteiger partial charge in [0.05, 0.1) is 0 Å². The van der Waals surface area contributed by atoms with Gasteiger partial charge in [0.15, 0.2) is 17.5 Å². The van der Waals surface area contributed by atoms with Crippen LogP contribution in [0, 0.1) is 0 Å². The van der Waals surface area contributed by atoms with Crippen molar-refractivity contribution in [3.05, 3.63) is 176 Å². The van der Waals surface area contributed by atoms with E-state index in [9.17, 15) is 0 Å². The van der Waals surface area contributed by atoms with Gasteiger partial charge in [-0.15, -0.1) is 0 Å². The minimum absolute atomic E-state index is 0.632. The van der Waals surface area contributed by atoms with Crippen LogP contribution >= 0.6 is 0 Å². The van der Waals surface area contributed by atoms with Gasteiger partial charge in [0.25, 0.3) is 0 Å². The second-order valence-electron chi connectivity index (χ2n) is 12.8. The second-order valence-corrected chi connectivity index (χ2v) is 12.8. The molecule has 0 spiro atoms. The summed E-state index contributed by atoms with van der Waals surface area (Å²) in [6.07, 6.45) is 0. The summed E-state index contributed by atoms with van der Waals surface area (Å²) in [5.41, 5.74) is 9.25. The quantitative estimate of drug-likeness (QED) is 0.186. The van der Waals surface area contributed by atoms with Crippen LogP contribution in [0.2, 0.25) is 0 Å². The lowest BCUT2D eigenvalue weighted by atomic mass is 9.92. The minimum atomic E-state index is 0.632. The molecule has 4 heteroatoms. The molecule has 0 aliphatic carbocycles. The van der Waals surface area contributed by atoms with Crippen LogP contribution in [-0.2, 0) is 0 Å². The third-order valence-electron chi connectivity index (χ3n) is 9.73. The molecule has 0 aliphatic heterocycles. The third kappa shape index (κ3) is 5.04. The summed E-state index contributed by atoms with van der Waals surface area (Å²) in [4.78, 5) is 15.3. The lowest BCUT2D eigenvalue weighted by molar-refractivity contribution is 0.669. The fourth-order valence-electron chi connectivity index (χ4n) is 7.26. The maximum Gasteiger partial charge on any atom is 0.164 e. The highest BCUT2D eigenvalue weighted by Gasteiger charge is 2.18. The van der Waals surface area contributed by atoms with Gasteiger partial charge in [-0.25, -0.2) is 15.0 Å². The molecule has 2 heterocycles. The number of furan rings is 1. The van der Waals surface area contributed by atoms with Gasteiger partial charge >= 0.3 is 0 Å². The molecular formula is C47H29N3O. The van der Waals surface area contributed by atoms with E-state index in [1.54, 1.807) is 0 Å². The maximum atomic E-state index is 6.26. The summed E-state index contributed by atoms with van der Waals surface area (Å²) in [5, 5.41) is 6.72. The van der Waals surface area contributed by atoms with Gasteiger partial charge in [0.2, 0.25) is 0 Å². The monoisotopic (exact) mass is 651 g/mol. The van der Waals surface area contributed by atoms with E-state index in [-0.39, 0.29) is 0 Å². The first-order valence-corrected chi connectivity index (χ1v) is 17.1. The van der Waals surface area contributed by atoms with Crippen LogP contribution in [0.25, 0.3) is 99.9 Å². The Bertz CT molecular complexity index is 2910. The van der Waals surface area contributed by atoms with E-state index in [1.165, 1.54) is 16.5 Å². The summed E-state index contributed by atoms with van der Waals surface area (Å²) in [5.74, 6) is 1.90. The molecule has 10 aromatic rings. The molecule has 0 saturated heterocycles. The Morgan fingerprint density at radius 3 is 1.63 bits per heavy atom. The van der Waals surface area contributed by atoms with Crippen LogP contribution in [0.1, 0.15) is 0 Å². The first-order chi connectivity index (χ1) is 25.3. The molecule has 0 radical (unpaired) electrons. The topological polar surface area (TPSA) is 51.8 Å². The molecule has 0 unspecified atom stereocenters. The molecule has 0 atom stereocenters. The van der Waals surface area contributed by atoms with Crippen LogP contribution in [0.3, 0.4) is 0 Å². The summed E-state index contributed by atoms with van der Waals surface area (Å²) < 4.78 is 6.26. The van der Waals surface area contributed by atoms with Crippen molar-refractivity contribution in [1.82, 2.24) is 15.0 Å². The SMILES string of the molecule is c1ccc(-c2ccc3cc(-c4nc(-c5ccccc5)nc(-c5ccc(-c6cccc7oc8ccccc8c67)c6ccccc56)n4)ccc3c2)cc1. The fourth-order valence-corrected chi connectivity index (χ4v) is 7.26. The predicted octanol–water partition coefficient (Wildman–Crippen LogP) is 12.4. The van der Waals surface area contributed by atoms with Gasteiger partial charge in [-0.3, -0.25) is 0 Å². The van der Waals surface area contributed by atoms with Crippen LogP contribution in [0.5, 0.6) is 0 Å². The first-order valence-electron chi connectivity index (χ1n) is 17.1. The van der Waals surface area contributed by atoms with Crippen molar-refractivity contribution in [2.45, 2.75) is 0 Å². The lowest BCUT2D eigenvalue weighted by Crippen LogP contribution is -2.01. The highest BCUT2D eigenvalue weighted by atomic mass is 16.3. The number of hydrogen-bond acceptors (Lipinski definition) is 4. The highest BCUT2D eigenvalue weighted by Crippen LogP contribution is 2.41. The Morgan fingerprint density at radius 1 is 0.314 bits per heavy atom. The predicted molar refractivity (Wildman–Crippen MR) is 209 cm³/mol. The third-order valence-corrected chi connectivity index (χ3v) is 9.73. The maximum absolute atomic E-state index is 6.26. The normalized spacial score (nSPS) is 11.5. The van der Waals surface area contributed by atoms with Gasteiger partial charge in [0, 0.05) is 27.5 Å². The molecule has 8 aromatic carbocycles. The van der Waals surface area contributed by atoms with Crippen LogP contribution < -0.4 is 0 Å². The number of para-hydroxylation sites is 1. The van der Waals surface area contributed by atoms with Crippen molar-refractivity contribution >= 4 is 43.5 Å². The Kier molecular flexibility index (Phi) is 6.78. The molecule has 0 fully saturated rings. The van der Waals surface area contributed by atoms with Crippen molar-refractivity contribution in [3.8, 4) is 56.4 Å². The number of fused-ring (bicyclic) bond motifs is 5. The Labute approximate surface area is 294 Å². The summed E-state index contributed by atoms with van der Waals surface area (Å²) in [7, 11) is 0. The minimum Gasteiger partial charge on any atom is -0.456 e. The molecule has 238 valence electrons. The molecule has 2 aromatic heterocycles. The molecule has 0 aliphatic rings. The zero-order valence-corrected chi connectivity index (χ0v) is 27.5. The summed E-state index contributed by atoms with van der Waals surface area (Å²) in [6, 6.07) is 61.1. The first kappa shape index (κ1) is 29.0. The highest BCUT2D eigenvalue weighted by molar-refractivity contribution is 6.16. The average Bonchev–Trinajstić information content (AvgIpc) is 3.60. The molecule has 0 amide bonds. The van der Waals surface area contributed by atoms with E-state index in [1.807, 2.05) is 54.6 Å². The zero-order valence-electron chi connectivity index (χ0n) is 27.5. The van der Waals surface area contributed by atoms with Crippen LogP contribution in [0.15, 0.2) is 180 Å². The van der Waals surface area contributed by atoms with Gasteiger partial charge in [-0.05, 0) is 74.1 Å². The van der Waals surface area contributed by atoms with Gasteiger partial charge in [0.1, 0.15) is 11.2 Å². The number of aromatic nitrogens is 3. The largest absolute Gasteiger partial charge is 0.456 e. The molecule has 4 nitrogen and oxygen atoms in total. The number of nitrogens with zero attached hydrogens (tertiary/aromatic N) is 3. The average molecular weight is 652 g/mol. The second kappa shape index (κ2) is 11.9. The van der Waals surface area contributed by atoms with E-state index >= 15 is 0 Å². The van der Waals surface area contributed by atoms with E-state index in [4.69, 9.17) is 19.4 Å². The molecule has 0 saturated carbocycles. The van der Waals surface area contributed by atoms with Crippen molar-refractivity contribution in [1.29, 1.82) is 0 Å². The van der Waals surface area contributed by atoms with Gasteiger partial charge in [-0.2, -0.15) is 0 Å². The summed E-state index contributed by atoms with van der Waals surface area (Å²) in [6.45, 7) is 0. The molecule has 51 heavy (non-hydrogen) atoms. The Morgan fingerprint density at radius 2 is 0.863 bits per heavy atom. The van der Waals surface area contributed by atoms with E-state index in [0.717, 1.165) is 65.9 Å². The van der Waals surface area contributed by atoms with Crippen molar-refractivity contribution in [2.24, 2.45) is 0 Å². The molecular weight excluding hydrogens is 623 g/mol. The van der Waals surface area contributed by atoms with Crippen LogP contribution in [0.4, 0.5) is 0 Å². The van der Waals surface area contributed by atoms with Crippen molar-refractivity contribution < 1.29 is 4.42 Å². The lowest BCUT2D eigenvalue weighted by Gasteiger charge is -2.14. The number of benzene rings is 8. The van der Waals surface area contributed by atoms with Crippen molar-refractivity contribution in [2.75, 3.05) is 0 Å². The van der Waals surface area contributed by atoms with Gasteiger partial charge < -0.3 is 4.42 Å². The standard InChI is InChI=1S/C47H29N3O/c1-3-12-30(13-4-1)32-22-23-34-29-35(25-24-33(34)28-32)46-48-45(31-14-5-2-6-15-31)49-47(50-46)40-27-26-38(36-16-7-8-17-37(36)40)39-19-11-21-43-44(39)41-18-9-10-20-42(41)51-43/h1-29H. The van der Waals surface area contributed by atoms with Crippen LogP contribution in [-0.4, -0.2) is 15.0 Å². The Hall–Kier alpha value is -6.91. The molecule has 0 N–H and O–H groups in total. The number of hydrogen-bond donors (Lipinski definition) is 0. The molecule has 10 rings (SSSR count). The zero-order chi connectivity index (χ0) is 33.7. The molecule has 0 bridgehead atoms. The van der Waals surface area contributed by atoms with E-state index < -0.39 is 0 Å². The van der Waals surface area contributed by atoms with Gasteiger partial charge in [-0.1, -0.05) is 146 Å². The fraction of sp³-hybridized carbons (Fsp3) is 0. The number of rotatable bonds is 5. The van der Waals surface area contributed by atoms with E-state index in [0.29, 0.717) is 17.5 Å². The van der Waals surface area contributed by atoms with E-state index in [2.05, 4.69) is 121 Å². The Balaban J connectivity index is 1.14. The smallest absolute Gasteiger partial charge is 0.164 e. The van der Waals surface area contributed by atoms with Crippen molar-refractivity contribution in [3.63, 3.8) is 0 Å².